The lowest BCUT2D eigenvalue weighted by molar-refractivity contribution is 0.0952. The van der Waals surface area contributed by atoms with Gasteiger partial charge in [-0.3, -0.25) is 4.79 Å². The maximum Gasteiger partial charge on any atom is 0.256 e. The van der Waals surface area contributed by atoms with Gasteiger partial charge in [0.05, 0.1) is 12.5 Å². The molecule has 8 heteroatoms. The van der Waals surface area contributed by atoms with Crippen LogP contribution in [0.5, 0.6) is 0 Å². The van der Waals surface area contributed by atoms with Crippen LogP contribution in [-0.4, -0.2) is 36.4 Å². The first kappa shape index (κ1) is 17.7. The van der Waals surface area contributed by atoms with E-state index < -0.39 is 5.82 Å². The van der Waals surface area contributed by atoms with Crippen LogP contribution >= 0.6 is 0 Å². The van der Waals surface area contributed by atoms with Crippen molar-refractivity contribution in [3.05, 3.63) is 85.1 Å². The van der Waals surface area contributed by atoms with Gasteiger partial charge in [-0.25, -0.2) is 14.1 Å². The molecule has 142 valence electrons. The quantitative estimate of drug-likeness (QED) is 0.503. The molecule has 0 aliphatic heterocycles. The van der Waals surface area contributed by atoms with Crippen molar-refractivity contribution < 1.29 is 9.18 Å². The monoisotopic (exact) mass is 378 g/mol. The van der Waals surface area contributed by atoms with E-state index in [1.165, 1.54) is 16.9 Å². The van der Waals surface area contributed by atoms with Crippen LogP contribution in [0.15, 0.2) is 73.7 Å². The minimum absolute atomic E-state index is 0.253. The summed E-state index contributed by atoms with van der Waals surface area (Å²) in [5.74, 6) is -0.176. The Labute approximate surface area is 161 Å². The fraction of sp³-hybridized carbons (Fsp3) is 0.150. The topological polar surface area (TPSA) is 69.7 Å². The molecule has 0 unspecified atom stereocenters. The van der Waals surface area contributed by atoms with Crippen molar-refractivity contribution in [2.45, 2.75) is 13.0 Å². The van der Waals surface area contributed by atoms with Gasteiger partial charge in [-0.05, 0) is 30.7 Å². The molecule has 0 aliphatic rings. The molecule has 28 heavy (non-hydrogen) atoms. The Kier molecular flexibility index (Phi) is 5.01. The lowest BCUT2D eigenvalue weighted by Gasteiger charge is -2.12. The highest BCUT2D eigenvalue weighted by molar-refractivity contribution is 5.97. The number of carbonyl (C=O) groups excluding carboxylic acids is 1. The van der Waals surface area contributed by atoms with E-state index in [0.717, 1.165) is 13.0 Å². The zero-order valence-electron chi connectivity index (χ0n) is 15.1. The van der Waals surface area contributed by atoms with Crippen molar-refractivity contribution >= 4 is 5.91 Å². The van der Waals surface area contributed by atoms with E-state index in [0.29, 0.717) is 17.9 Å². The fourth-order valence-corrected chi connectivity index (χ4v) is 3.00. The second-order valence-electron chi connectivity index (χ2n) is 6.25. The van der Waals surface area contributed by atoms with Crippen LogP contribution in [0.25, 0.3) is 11.5 Å². The summed E-state index contributed by atoms with van der Waals surface area (Å²) in [6, 6.07) is 10.0. The van der Waals surface area contributed by atoms with E-state index >= 15 is 0 Å². The highest BCUT2D eigenvalue weighted by atomic mass is 19.1. The smallest absolute Gasteiger partial charge is 0.256 e. The molecular weight excluding hydrogens is 359 g/mol. The van der Waals surface area contributed by atoms with Crippen molar-refractivity contribution in [3.63, 3.8) is 0 Å². The van der Waals surface area contributed by atoms with Crippen molar-refractivity contribution in [1.82, 2.24) is 29.2 Å². The largest absolute Gasteiger partial charge is 0.352 e. The first-order valence-electron chi connectivity index (χ1n) is 8.94. The molecule has 0 radical (unpaired) electrons. The maximum absolute atomic E-state index is 14.3. The van der Waals surface area contributed by atoms with Crippen LogP contribution in [0.4, 0.5) is 4.39 Å². The number of para-hydroxylation sites is 1. The van der Waals surface area contributed by atoms with Crippen molar-refractivity contribution in [2.75, 3.05) is 6.54 Å². The van der Waals surface area contributed by atoms with Crippen LogP contribution < -0.4 is 5.32 Å². The Hall–Kier alpha value is -3.68. The first-order valence-corrected chi connectivity index (χ1v) is 8.94. The molecule has 0 saturated carbocycles. The van der Waals surface area contributed by atoms with Crippen LogP contribution in [0.2, 0.25) is 0 Å². The van der Waals surface area contributed by atoms with Crippen molar-refractivity contribution in [3.8, 4) is 11.5 Å². The second kappa shape index (κ2) is 7.91. The molecule has 0 atom stereocenters. The summed E-state index contributed by atoms with van der Waals surface area (Å²) in [7, 11) is 0. The van der Waals surface area contributed by atoms with Crippen molar-refractivity contribution in [1.29, 1.82) is 0 Å². The zero-order chi connectivity index (χ0) is 19.3. The first-order chi connectivity index (χ1) is 13.7. The number of nitrogens with zero attached hydrogens (tertiary/aromatic N) is 5. The number of amides is 1. The Balaban J connectivity index is 1.57. The fourth-order valence-electron chi connectivity index (χ4n) is 3.00. The molecular formula is C20H19FN6O. The molecule has 7 nitrogen and oxygen atoms in total. The minimum Gasteiger partial charge on any atom is -0.352 e. The summed E-state index contributed by atoms with van der Waals surface area (Å²) < 4.78 is 19.5. The SMILES string of the molecule is O=C(NCCCn1ccnc1)c1cnn(-c2ccccc2F)c1-n1cccc1. The average molecular weight is 378 g/mol. The molecule has 0 fully saturated rings. The lowest BCUT2D eigenvalue weighted by atomic mass is 10.2. The van der Waals surface area contributed by atoms with Gasteiger partial charge >= 0.3 is 0 Å². The summed E-state index contributed by atoms with van der Waals surface area (Å²) >= 11 is 0. The highest BCUT2D eigenvalue weighted by Crippen LogP contribution is 2.21. The predicted octanol–water partition coefficient (Wildman–Crippen LogP) is 2.82. The number of aromatic nitrogens is 5. The molecule has 3 heterocycles. The van der Waals surface area contributed by atoms with Crippen molar-refractivity contribution in [2.24, 2.45) is 0 Å². The summed E-state index contributed by atoms with van der Waals surface area (Å²) in [6.45, 7) is 1.27. The molecule has 4 rings (SSSR count). The summed E-state index contributed by atoms with van der Waals surface area (Å²) in [4.78, 5) is 16.8. The molecule has 4 aromatic rings. The van der Waals surface area contributed by atoms with Gasteiger partial charge < -0.3 is 14.5 Å². The third kappa shape index (κ3) is 3.57. The van der Waals surface area contributed by atoms with Gasteiger partial charge in [-0.1, -0.05) is 12.1 Å². The molecule has 0 saturated heterocycles. The maximum atomic E-state index is 14.3. The number of imidazole rings is 1. The normalized spacial score (nSPS) is 10.9. The molecule has 0 bridgehead atoms. The summed E-state index contributed by atoms with van der Waals surface area (Å²) in [5, 5.41) is 7.19. The highest BCUT2D eigenvalue weighted by Gasteiger charge is 2.20. The zero-order valence-corrected chi connectivity index (χ0v) is 15.1. The van der Waals surface area contributed by atoms with Gasteiger partial charge in [0.25, 0.3) is 5.91 Å². The van der Waals surface area contributed by atoms with Gasteiger partial charge in [-0.2, -0.15) is 5.10 Å². The number of carbonyl (C=O) groups is 1. The molecule has 1 aromatic carbocycles. The number of halogens is 1. The summed E-state index contributed by atoms with van der Waals surface area (Å²) in [6.07, 6.45) is 11.2. The number of nitrogens with one attached hydrogen (secondary N) is 1. The van der Waals surface area contributed by atoms with Gasteiger partial charge in [0.2, 0.25) is 0 Å². The Morgan fingerprint density at radius 1 is 1.11 bits per heavy atom. The molecule has 1 N–H and O–H groups in total. The van der Waals surface area contributed by atoms with Crippen LogP contribution in [0.3, 0.4) is 0 Å². The lowest BCUT2D eigenvalue weighted by Crippen LogP contribution is -2.26. The number of hydrogen-bond acceptors (Lipinski definition) is 3. The molecule has 3 aromatic heterocycles. The number of hydrogen-bond donors (Lipinski definition) is 1. The van der Waals surface area contributed by atoms with Crippen LogP contribution in [0.1, 0.15) is 16.8 Å². The van der Waals surface area contributed by atoms with Gasteiger partial charge in [0, 0.05) is 37.9 Å². The summed E-state index contributed by atoms with van der Waals surface area (Å²) in [5.41, 5.74) is 0.660. The number of benzene rings is 1. The molecule has 1 amide bonds. The third-order valence-corrected chi connectivity index (χ3v) is 4.36. The van der Waals surface area contributed by atoms with Crippen LogP contribution in [-0.2, 0) is 6.54 Å². The Morgan fingerprint density at radius 2 is 1.93 bits per heavy atom. The Bertz CT molecular complexity index is 1050. The van der Waals surface area contributed by atoms with Gasteiger partial charge in [0.1, 0.15) is 17.1 Å². The standard InChI is InChI=1S/C20H19FN6O/c21-17-6-1-2-7-18(17)27-20(26-11-3-4-12-26)16(14-24-27)19(28)23-8-5-10-25-13-9-22-15-25/h1-4,6-7,9,11-15H,5,8,10H2,(H,23,28). The van der Waals surface area contributed by atoms with Gasteiger partial charge in [-0.15, -0.1) is 0 Å². The number of rotatable bonds is 7. The van der Waals surface area contributed by atoms with E-state index in [2.05, 4.69) is 15.4 Å². The van der Waals surface area contributed by atoms with E-state index in [-0.39, 0.29) is 11.6 Å². The average Bonchev–Trinajstić information content (AvgIpc) is 3.46. The van der Waals surface area contributed by atoms with E-state index in [1.807, 2.05) is 22.9 Å². The molecule has 0 aliphatic carbocycles. The predicted molar refractivity (Wildman–Crippen MR) is 102 cm³/mol. The molecule has 0 spiro atoms. The number of aryl methyl sites for hydroxylation is 1. The van der Waals surface area contributed by atoms with Crippen LogP contribution in [0, 0.1) is 5.82 Å². The van der Waals surface area contributed by atoms with Gasteiger partial charge in [0.15, 0.2) is 5.82 Å². The van der Waals surface area contributed by atoms with E-state index in [9.17, 15) is 9.18 Å². The van der Waals surface area contributed by atoms with E-state index in [4.69, 9.17) is 0 Å². The minimum atomic E-state index is -0.411. The van der Waals surface area contributed by atoms with E-state index in [1.54, 1.807) is 47.7 Å². The second-order valence-corrected chi connectivity index (χ2v) is 6.25. The third-order valence-electron chi connectivity index (χ3n) is 4.36. The Morgan fingerprint density at radius 3 is 2.68 bits per heavy atom.